The van der Waals surface area contributed by atoms with E-state index in [4.69, 9.17) is 4.74 Å². The molecule has 3 rings (SSSR count). The average molecular weight is 294 g/mol. The van der Waals surface area contributed by atoms with Crippen LogP contribution in [0.25, 0.3) is 10.9 Å². The topological polar surface area (TPSA) is 44.1 Å². The highest BCUT2D eigenvalue weighted by molar-refractivity contribution is 5.96. The molecule has 1 aromatic carbocycles. The Morgan fingerprint density at radius 1 is 1.18 bits per heavy atom. The van der Waals surface area contributed by atoms with Gasteiger partial charge < -0.3 is 9.30 Å². The summed E-state index contributed by atoms with van der Waals surface area (Å²) >= 11 is 0. The molecule has 3 aromatic rings. The molecular weight excluding hydrogens is 276 g/mol. The first-order valence-corrected chi connectivity index (χ1v) is 7.35. The predicted octanol–water partition coefficient (Wildman–Crippen LogP) is 3.57. The van der Waals surface area contributed by atoms with Gasteiger partial charge in [0.05, 0.1) is 6.61 Å². The molecule has 4 nitrogen and oxygen atoms in total. The lowest BCUT2D eigenvalue weighted by atomic mass is 10.2. The van der Waals surface area contributed by atoms with E-state index >= 15 is 0 Å². The molecule has 0 aliphatic heterocycles. The van der Waals surface area contributed by atoms with Crippen molar-refractivity contribution in [2.45, 2.75) is 20.4 Å². The van der Waals surface area contributed by atoms with Gasteiger partial charge in [-0.15, -0.1) is 0 Å². The Labute approximate surface area is 129 Å². The van der Waals surface area contributed by atoms with Crippen molar-refractivity contribution in [3.8, 4) is 0 Å². The summed E-state index contributed by atoms with van der Waals surface area (Å²) in [5, 5.41) is 1.04. The molecule has 22 heavy (non-hydrogen) atoms. The molecule has 0 bridgehead atoms. The SMILES string of the molecule is CCOC(=O)c1cc2ccc(C)cc2n1Cc1ccncc1. The molecule has 0 amide bonds. The van der Waals surface area contributed by atoms with Gasteiger partial charge in [-0.05, 0) is 49.2 Å². The lowest BCUT2D eigenvalue weighted by Crippen LogP contribution is -2.12. The highest BCUT2D eigenvalue weighted by Gasteiger charge is 2.17. The fourth-order valence-electron chi connectivity index (χ4n) is 2.58. The third kappa shape index (κ3) is 2.72. The Morgan fingerprint density at radius 2 is 1.95 bits per heavy atom. The van der Waals surface area contributed by atoms with E-state index in [1.54, 1.807) is 12.4 Å². The molecule has 4 heteroatoms. The first-order chi connectivity index (χ1) is 10.7. The van der Waals surface area contributed by atoms with E-state index in [1.807, 2.05) is 48.7 Å². The van der Waals surface area contributed by atoms with Crippen LogP contribution in [0.5, 0.6) is 0 Å². The summed E-state index contributed by atoms with van der Waals surface area (Å²) in [5.41, 5.74) is 3.88. The normalized spacial score (nSPS) is 10.8. The number of hydrogen-bond donors (Lipinski definition) is 0. The molecule has 0 spiro atoms. The van der Waals surface area contributed by atoms with Crippen molar-refractivity contribution in [2.24, 2.45) is 0 Å². The van der Waals surface area contributed by atoms with Crippen molar-refractivity contribution in [3.05, 3.63) is 65.6 Å². The standard InChI is InChI=1S/C18H18N2O2/c1-3-22-18(21)17-11-15-5-4-13(2)10-16(15)20(17)12-14-6-8-19-9-7-14/h4-11H,3,12H2,1-2H3. The van der Waals surface area contributed by atoms with Crippen LogP contribution < -0.4 is 0 Å². The molecule has 0 aliphatic carbocycles. The van der Waals surface area contributed by atoms with Gasteiger partial charge in [0.15, 0.2) is 0 Å². The second kappa shape index (κ2) is 6.02. The number of nitrogens with zero attached hydrogens (tertiary/aromatic N) is 2. The summed E-state index contributed by atoms with van der Waals surface area (Å²) in [6.45, 7) is 4.85. The minimum absolute atomic E-state index is 0.287. The number of rotatable bonds is 4. The molecule has 0 fully saturated rings. The molecule has 112 valence electrons. The Morgan fingerprint density at radius 3 is 2.68 bits per heavy atom. The van der Waals surface area contributed by atoms with E-state index in [2.05, 4.69) is 11.1 Å². The maximum atomic E-state index is 12.3. The summed E-state index contributed by atoms with van der Waals surface area (Å²) in [6, 6.07) is 12.0. The van der Waals surface area contributed by atoms with Crippen LogP contribution in [-0.2, 0) is 11.3 Å². The van der Waals surface area contributed by atoms with Crippen LogP contribution in [0.2, 0.25) is 0 Å². The van der Waals surface area contributed by atoms with Gasteiger partial charge in [0.1, 0.15) is 5.69 Å². The smallest absolute Gasteiger partial charge is 0.354 e. The molecule has 0 N–H and O–H groups in total. The number of pyridine rings is 1. The zero-order valence-electron chi connectivity index (χ0n) is 12.7. The number of aromatic nitrogens is 2. The Kier molecular flexibility index (Phi) is 3.92. The maximum Gasteiger partial charge on any atom is 0.354 e. The van der Waals surface area contributed by atoms with Crippen LogP contribution in [0, 0.1) is 6.92 Å². The second-order valence-electron chi connectivity index (χ2n) is 5.25. The van der Waals surface area contributed by atoms with Crippen molar-refractivity contribution >= 4 is 16.9 Å². The van der Waals surface area contributed by atoms with Gasteiger partial charge in [-0.3, -0.25) is 4.98 Å². The molecule has 0 atom stereocenters. The van der Waals surface area contributed by atoms with Crippen LogP contribution in [0.3, 0.4) is 0 Å². The number of carbonyl (C=O) groups excluding carboxylic acids is 1. The Balaban J connectivity index is 2.13. The van der Waals surface area contributed by atoms with Crippen LogP contribution in [0.15, 0.2) is 48.8 Å². The molecule has 0 aliphatic rings. The van der Waals surface area contributed by atoms with Crippen LogP contribution in [-0.4, -0.2) is 22.1 Å². The quantitative estimate of drug-likeness (QED) is 0.691. The number of benzene rings is 1. The van der Waals surface area contributed by atoms with Crippen LogP contribution in [0.4, 0.5) is 0 Å². The minimum Gasteiger partial charge on any atom is -0.461 e. The monoisotopic (exact) mass is 294 g/mol. The highest BCUT2D eigenvalue weighted by atomic mass is 16.5. The van der Waals surface area contributed by atoms with Gasteiger partial charge in [-0.1, -0.05) is 12.1 Å². The zero-order chi connectivity index (χ0) is 15.5. The second-order valence-corrected chi connectivity index (χ2v) is 5.25. The number of fused-ring (bicyclic) bond motifs is 1. The fourth-order valence-corrected chi connectivity index (χ4v) is 2.58. The fraction of sp³-hybridized carbons (Fsp3) is 0.222. The third-order valence-electron chi connectivity index (χ3n) is 3.63. The molecule has 0 unspecified atom stereocenters. The van der Waals surface area contributed by atoms with Gasteiger partial charge in [-0.25, -0.2) is 4.79 Å². The van der Waals surface area contributed by atoms with Crippen LogP contribution in [0.1, 0.15) is 28.5 Å². The summed E-state index contributed by atoms with van der Waals surface area (Å²) in [6.07, 6.45) is 3.52. The summed E-state index contributed by atoms with van der Waals surface area (Å²) in [7, 11) is 0. The number of carbonyl (C=O) groups is 1. The third-order valence-corrected chi connectivity index (χ3v) is 3.63. The summed E-state index contributed by atoms with van der Waals surface area (Å²) < 4.78 is 7.20. The lowest BCUT2D eigenvalue weighted by Gasteiger charge is -2.10. The first-order valence-electron chi connectivity index (χ1n) is 7.35. The Bertz CT molecular complexity index is 807. The van der Waals surface area contributed by atoms with Crippen molar-refractivity contribution in [1.29, 1.82) is 0 Å². The molecule has 0 radical (unpaired) electrons. The number of hydrogen-bond acceptors (Lipinski definition) is 3. The predicted molar refractivity (Wildman–Crippen MR) is 86.0 cm³/mol. The van der Waals surface area contributed by atoms with Crippen LogP contribution >= 0.6 is 0 Å². The van der Waals surface area contributed by atoms with Gasteiger partial charge in [-0.2, -0.15) is 0 Å². The highest BCUT2D eigenvalue weighted by Crippen LogP contribution is 2.23. The maximum absolute atomic E-state index is 12.3. The van der Waals surface area contributed by atoms with Gasteiger partial charge >= 0.3 is 5.97 Å². The molecule has 2 aromatic heterocycles. The average Bonchev–Trinajstić information content (AvgIpc) is 2.87. The lowest BCUT2D eigenvalue weighted by molar-refractivity contribution is 0.0515. The van der Waals surface area contributed by atoms with E-state index in [0.29, 0.717) is 18.8 Å². The molecule has 2 heterocycles. The molecule has 0 saturated carbocycles. The van der Waals surface area contributed by atoms with Gasteiger partial charge in [0.2, 0.25) is 0 Å². The first kappa shape index (κ1) is 14.3. The van der Waals surface area contributed by atoms with E-state index in [-0.39, 0.29) is 5.97 Å². The van der Waals surface area contributed by atoms with E-state index in [0.717, 1.165) is 22.0 Å². The van der Waals surface area contributed by atoms with E-state index in [1.165, 1.54) is 0 Å². The number of aryl methyl sites for hydroxylation is 1. The zero-order valence-corrected chi connectivity index (χ0v) is 12.7. The number of esters is 1. The van der Waals surface area contributed by atoms with Crippen molar-refractivity contribution in [2.75, 3.05) is 6.61 Å². The van der Waals surface area contributed by atoms with Crippen molar-refractivity contribution < 1.29 is 9.53 Å². The van der Waals surface area contributed by atoms with E-state index in [9.17, 15) is 4.79 Å². The minimum atomic E-state index is -0.287. The molecular formula is C18H18N2O2. The largest absolute Gasteiger partial charge is 0.461 e. The van der Waals surface area contributed by atoms with Crippen molar-refractivity contribution in [3.63, 3.8) is 0 Å². The molecule has 0 saturated heterocycles. The summed E-state index contributed by atoms with van der Waals surface area (Å²) in [4.78, 5) is 16.3. The van der Waals surface area contributed by atoms with Crippen molar-refractivity contribution in [1.82, 2.24) is 9.55 Å². The summed E-state index contributed by atoms with van der Waals surface area (Å²) in [5.74, 6) is -0.287. The van der Waals surface area contributed by atoms with E-state index < -0.39 is 0 Å². The number of ether oxygens (including phenoxy) is 1. The van der Waals surface area contributed by atoms with Gasteiger partial charge in [0.25, 0.3) is 0 Å². The Hall–Kier alpha value is -2.62. The van der Waals surface area contributed by atoms with Gasteiger partial charge in [0, 0.05) is 29.8 Å².